The molecule has 0 aliphatic carbocycles. The van der Waals surface area contributed by atoms with E-state index in [1.165, 1.54) is 37.7 Å². The maximum absolute atomic E-state index is 10.2. The van der Waals surface area contributed by atoms with Gasteiger partial charge < -0.3 is 5.11 Å². The molecule has 1 aromatic rings. The van der Waals surface area contributed by atoms with E-state index in [0.717, 1.165) is 31.2 Å². The van der Waals surface area contributed by atoms with Crippen LogP contribution in [0.3, 0.4) is 0 Å². The van der Waals surface area contributed by atoms with E-state index in [2.05, 4.69) is 38.1 Å². The van der Waals surface area contributed by atoms with Crippen molar-refractivity contribution in [2.75, 3.05) is 0 Å². The Hall–Kier alpha value is -0.820. The average Bonchev–Trinajstić information content (AvgIpc) is 2.43. The summed E-state index contributed by atoms with van der Waals surface area (Å²) in [6.07, 6.45) is 10.6. The summed E-state index contributed by atoms with van der Waals surface area (Å²) >= 11 is 0. The van der Waals surface area contributed by atoms with Crippen molar-refractivity contribution in [2.24, 2.45) is 0 Å². The molecular weight excluding hydrogens is 232 g/mol. The molecule has 108 valence electrons. The lowest BCUT2D eigenvalue weighted by molar-refractivity contribution is 0.163. The van der Waals surface area contributed by atoms with Gasteiger partial charge in [-0.15, -0.1) is 0 Å². The third kappa shape index (κ3) is 6.77. The molecule has 0 aromatic heterocycles. The molecule has 1 atom stereocenters. The number of hydrogen-bond donors (Lipinski definition) is 1. The second-order valence-corrected chi connectivity index (χ2v) is 5.57. The first-order chi connectivity index (χ1) is 9.27. The summed E-state index contributed by atoms with van der Waals surface area (Å²) in [6.45, 7) is 4.44. The monoisotopic (exact) mass is 262 g/mol. The smallest absolute Gasteiger partial charge is 0.0790 e. The Morgan fingerprint density at radius 1 is 0.947 bits per heavy atom. The minimum Gasteiger partial charge on any atom is -0.388 e. The second kappa shape index (κ2) is 10.0. The number of benzene rings is 1. The van der Waals surface area contributed by atoms with Crippen LogP contribution in [0.2, 0.25) is 0 Å². The Morgan fingerprint density at radius 2 is 1.68 bits per heavy atom. The Balaban J connectivity index is 2.28. The zero-order chi connectivity index (χ0) is 13.9. The lowest BCUT2D eigenvalue weighted by Gasteiger charge is -2.12. The quantitative estimate of drug-likeness (QED) is 0.558. The van der Waals surface area contributed by atoms with Gasteiger partial charge in [0.2, 0.25) is 0 Å². The molecule has 0 aliphatic heterocycles. The normalized spacial score (nSPS) is 12.6. The fourth-order valence-electron chi connectivity index (χ4n) is 2.53. The van der Waals surface area contributed by atoms with Gasteiger partial charge in [0.05, 0.1) is 6.10 Å². The molecule has 0 amide bonds. The number of hydrogen-bond acceptors (Lipinski definition) is 1. The molecule has 1 unspecified atom stereocenters. The summed E-state index contributed by atoms with van der Waals surface area (Å²) in [7, 11) is 0. The van der Waals surface area contributed by atoms with Crippen molar-refractivity contribution < 1.29 is 5.11 Å². The van der Waals surface area contributed by atoms with Crippen LogP contribution in [0.1, 0.15) is 82.4 Å². The molecule has 0 heterocycles. The highest BCUT2D eigenvalue weighted by Crippen LogP contribution is 2.21. The van der Waals surface area contributed by atoms with E-state index in [1.54, 1.807) is 0 Å². The van der Waals surface area contributed by atoms with E-state index in [1.807, 2.05) is 0 Å². The molecule has 0 radical (unpaired) electrons. The highest BCUT2D eigenvalue weighted by atomic mass is 16.3. The lowest BCUT2D eigenvalue weighted by atomic mass is 9.99. The van der Waals surface area contributed by atoms with Crippen LogP contribution in [0.4, 0.5) is 0 Å². The summed E-state index contributed by atoms with van der Waals surface area (Å²) in [5, 5.41) is 10.2. The van der Waals surface area contributed by atoms with E-state index < -0.39 is 0 Å². The zero-order valence-electron chi connectivity index (χ0n) is 12.7. The largest absolute Gasteiger partial charge is 0.388 e. The first kappa shape index (κ1) is 16.2. The fourth-order valence-corrected chi connectivity index (χ4v) is 2.53. The third-order valence-corrected chi connectivity index (χ3v) is 3.71. The van der Waals surface area contributed by atoms with Gasteiger partial charge in [-0.05, 0) is 24.0 Å². The van der Waals surface area contributed by atoms with E-state index in [0.29, 0.717) is 0 Å². The Labute approximate surface area is 119 Å². The Morgan fingerprint density at radius 3 is 2.42 bits per heavy atom. The van der Waals surface area contributed by atoms with Crippen LogP contribution in [-0.2, 0) is 6.42 Å². The molecule has 0 saturated carbocycles. The van der Waals surface area contributed by atoms with Gasteiger partial charge in [0, 0.05) is 0 Å². The molecule has 1 nitrogen and oxygen atoms in total. The number of aryl methyl sites for hydroxylation is 1. The van der Waals surface area contributed by atoms with Crippen LogP contribution >= 0.6 is 0 Å². The first-order valence-electron chi connectivity index (χ1n) is 8.04. The number of aliphatic hydroxyl groups is 1. The topological polar surface area (TPSA) is 20.2 Å². The predicted octanol–water partition coefficient (Wildman–Crippen LogP) is 5.42. The standard InChI is InChI=1S/C18H30O/c1-3-5-6-7-8-9-14-18(19)17-13-10-12-16(15-17)11-4-2/h10,12-13,15,18-19H,3-9,11,14H2,1-2H3. The minimum atomic E-state index is -0.275. The van der Waals surface area contributed by atoms with Crippen molar-refractivity contribution >= 4 is 0 Å². The van der Waals surface area contributed by atoms with Crippen molar-refractivity contribution in [3.8, 4) is 0 Å². The highest BCUT2D eigenvalue weighted by Gasteiger charge is 2.07. The van der Waals surface area contributed by atoms with Crippen molar-refractivity contribution in [3.63, 3.8) is 0 Å². The maximum atomic E-state index is 10.2. The highest BCUT2D eigenvalue weighted by molar-refractivity contribution is 5.25. The molecule has 0 bridgehead atoms. The maximum Gasteiger partial charge on any atom is 0.0790 e. The Bertz CT molecular complexity index is 332. The SMILES string of the molecule is CCCCCCCCC(O)c1cccc(CCC)c1. The van der Waals surface area contributed by atoms with Crippen molar-refractivity contribution in [1.82, 2.24) is 0 Å². The van der Waals surface area contributed by atoms with E-state index >= 15 is 0 Å². The van der Waals surface area contributed by atoms with Crippen LogP contribution in [-0.4, -0.2) is 5.11 Å². The van der Waals surface area contributed by atoms with Crippen molar-refractivity contribution in [1.29, 1.82) is 0 Å². The van der Waals surface area contributed by atoms with E-state index in [-0.39, 0.29) is 6.10 Å². The average molecular weight is 262 g/mol. The summed E-state index contributed by atoms with van der Waals surface area (Å²) in [5.41, 5.74) is 2.45. The van der Waals surface area contributed by atoms with Gasteiger partial charge >= 0.3 is 0 Å². The van der Waals surface area contributed by atoms with Crippen LogP contribution in [0.15, 0.2) is 24.3 Å². The molecule has 1 aromatic carbocycles. The molecule has 19 heavy (non-hydrogen) atoms. The van der Waals surface area contributed by atoms with Gasteiger partial charge in [-0.25, -0.2) is 0 Å². The number of rotatable bonds is 10. The van der Waals surface area contributed by atoms with Gasteiger partial charge in [0.1, 0.15) is 0 Å². The summed E-state index contributed by atoms with van der Waals surface area (Å²) < 4.78 is 0. The van der Waals surface area contributed by atoms with Crippen LogP contribution in [0.5, 0.6) is 0 Å². The van der Waals surface area contributed by atoms with Gasteiger partial charge in [0.25, 0.3) is 0 Å². The second-order valence-electron chi connectivity index (χ2n) is 5.57. The minimum absolute atomic E-state index is 0.275. The molecule has 1 N–H and O–H groups in total. The molecule has 0 spiro atoms. The summed E-state index contributed by atoms with van der Waals surface area (Å²) in [4.78, 5) is 0. The zero-order valence-corrected chi connectivity index (χ0v) is 12.7. The Kier molecular flexibility index (Phi) is 8.57. The first-order valence-corrected chi connectivity index (χ1v) is 8.04. The molecule has 0 aliphatic rings. The number of aliphatic hydroxyl groups excluding tert-OH is 1. The van der Waals surface area contributed by atoms with Crippen LogP contribution in [0.25, 0.3) is 0 Å². The summed E-state index contributed by atoms with van der Waals surface area (Å²) in [5.74, 6) is 0. The number of unbranched alkanes of at least 4 members (excludes halogenated alkanes) is 5. The van der Waals surface area contributed by atoms with Gasteiger partial charge in [-0.2, -0.15) is 0 Å². The molecular formula is C18H30O. The van der Waals surface area contributed by atoms with Crippen LogP contribution in [0, 0.1) is 0 Å². The van der Waals surface area contributed by atoms with Crippen molar-refractivity contribution in [3.05, 3.63) is 35.4 Å². The lowest BCUT2D eigenvalue weighted by Crippen LogP contribution is -1.98. The van der Waals surface area contributed by atoms with E-state index in [9.17, 15) is 5.11 Å². The molecule has 0 fully saturated rings. The summed E-state index contributed by atoms with van der Waals surface area (Å²) in [6, 6.07) is 8.46. The third-order valence-electron chi connectivity index (χ3n) is 3.71. The van der Waals surface area contributed by atoms with Gasteiger partial charge in [0.15, 0.2) is 0 Å². The molecule has 1 heteroatoms. The van der Waals surface area contributed by atoms with Gasteiger partial charge in [-0.1, -0.05) is 83.1 Å². The van der Waals surface area contributed by atoms with E-state index in [4.69, 9.17) is 0 Å². The van der Waals surface area contributed by atoms with Crippen molar-refractivity contribution in [2.45, 2.75) is 77.7 Å². The molecule has 1 rings (SSSR count). The molecule has 0 saturated heterocycles. The van der Waals surface area contributed by atoms with Gasteiger partial charge in [-0.3, -0.25) is 0 Å². The van der Waals surface area contributed by atoms with Crippen LogP contribution < -0.4 is 0 Å². The fraction of sp³-hybridized carbons (Fsp3) is 0.667. The predicted molar refractivity (Wildman–Crippen MR) is 83.4 cm³/mol.